The van der Waals surface area contributed by atoms with Gasteiger partial charge in [-0.05, 0) is 31.0 Å². The van der Waals surface area contributed by atoms with E-state index < -0.39 is 15.8 Å². The predicted molar refractivity (Wildman–Crippen MR) is 71.3 cm³/mol. The minimum Gasteiger partial charge on any atom is -0.409 e. The van der Waals surface area contributed by atoms with Gasteiger partial charge in [0.25, 0.3) is 0 Å². The normalized spacial score (nSPS) is 16.6. The van der Waals surface area contributed by atoms with Crippen LogP contribution in [0.2, 0.25) is 0 Å². The highest BCUT2D eigenvalue weighted by atomic mass is 32.2. The number of hydrogen-bond donors (Lipinski definition) is 2. The summed E-state index contributed by atoms with van der Waals surface area (Å²) >= 11 is 0. The highest BCUT2D eigenvalue weighted by molar-refractivity contribution is 7.89. The molecule has 0 aromatic heterocycles. The summed E-state index contributed by atoms with van der Waals surface area (Å²) in [6.07, 6.45) is 1.66. The van der Waals surface area contributed by atoms with Gasteiger partial charge in [-0.3, -0.25) is 0 Å². The number of benzene rings is 1. The Hall–Kier alpha value is -1.67. The highest BCUT2D eigenvalue weighted by Crippen LogP contribution is 2.32. The molecule has 1 saturated carbocycles. The molecule has 0 heterocycles. The molecule has 1 fully saturated rings. The Labute approximate surface area is 116 Å². The van der Waals surface area contributed by atoms with Crippen LogP contribution in [0.5, 0.6) is 0 Å². The maximum atomic E-state index is 13.2. The van der Waals surface area contributed by atoms with Crippen molar-refractivity contribution in [2.45, 2.75) is 30.2 Å². The van der Waals surface area contributed by atoms with Crippen molar-refractivity contribution in [1.82, 2.24) is 4.31 Å². The van der Waals surface area contributed by atoms with E-state index in [2.05, 4.69) is 5.16 Å². The van der Waals surface area contributed by atoms with Gasteiger partial charge < -0.3 is 10.9 Å². The molecular formula is C12H16FN3O3S. The van der Waals surface area contributed by atoms with Crippen LogP contribution in [0.15, 0.2) is 34.3 Å². The molecule has 0 atom stereocenters. The summed E-state index contributed by atoms with van der Waals surface area (Å²) in [6, 6.07) is 4.81. The van der Waals surface area contributed by atoms with Gasteiger partial charge in [0.15, 0.2) is 0 Å². The largest absolute Gasteiger partial charge is 0.409 e. The van der Waals surface area contributed by atoms with Crippen molar-refractivity contribution >= 4 is 15.9 Å². The third kappa shape index (κ3) is 3.26. The van der Waals surface area contributed by atoms with E-state index in [1.807, 2.05) is 0 Å². The molecule has 0 radical (unpaired) electrons. The molecule has 6 nitrogen and oxygen atoms in total. The molecule has 0 unspecified atom stereocenters. The third-order valence-corrected chi connectivity index (χ3v) is 5.02. The highest BCUT2D eigenvalue weighted by Gasteiger charge is 2.37. The van der Waals surface area contributed by atoms with E-state index in [0.717, 1.165) is 18.9 Å². The van der Waals surface area contributed by atoms with Gasteiger partial charge in [-0.2, -0.15) is 4.31 Å². The van der Waals surface area contributed by atoms with E-state index in [4.69, 9.17) is 10.9 Å². The van der Waals surface area contributed by atoms with Crippen LogP contribution in [-0.4, -0.2) is 36.4 Å². The SMILES string of the molecule is NC(CCN(C1CC1)S(=O)(=O)c1cccc(F)c1)=NO. The number of oxime groups is 1. The molecule has 1 aromatic carbocycles. The van der Waals surface area contributed by atoms with Gasteiger partial charge in [0, 0.05) is 19.0 Å². The Morgan fingerprint density at radius 1 is 1.50 bits per heavy atom. The van der Waals surface area contributed by atoms with Crippen LogP contribution in [0, 0.1) is 5.82 Å². The standard InChI is InChI=1S/C12H16FN3O3S/c13-9-2-1-3-11(8-9)20(18,19)16(10-4-5-10)7-6-12(14)15-17/h1-3,8,10,17H,4-7H2,(H2,14,15). The topological polar surface area (TPSA) is 96.0 Å². The molecular weight excluding hydrogens is 285 g/mol. The van der Waals surface area contributed by atoms with Gasteiger partial charge in [-0.15, -0.1) is 0 Å². The first-order chi connectivity index (χ1) is 9.45. The fraction of sp³-hybridized carbons (Fsp3) is 0.417. The Kier molecular flexibility index (Phi) is 4.24. The van der Waals surface area contributed by atoms with Crippen LogP contribution in [0.3, 0.4) is 0 Å². The quantitative estimate of drug-likeness (QED) is 0.356. The van der Waals surface area contributed by atoms with Crippen LogP contribution >= 0.6 is 0 Å². The van der Waals surface area contributed by atoms with E-state index in [1.165, 1.54) is 22.5 Å². The number of halogens is 1. The summed E-state index contributed by atoms with van der Waals surface area (Å²) < 4.78 is 39.4. The molecule has 2 rings (SSSR count). The molecule has 0 saturated heterocycles. The molecule has 0 amide bonds. The molecule has 1 aliphatic rings. The number of sulfonamides is 1. The summed E-state index contributed by atoms with van der Waals surface area (Å²) in [5.41, 5.74) is 5.37. The molecule has 3 N–H and O–H groups in total. The van der Waals surface area contributed by atoms with Gasteiger partial charge in [0.2, 0.25) is 10.0 Å². The fourth-order valence-electron chi connectivity index (χ4n) is 1.90. The lowest BCUT2D eigenvalue weighted by Crippen LogP contribution is -2.36. The zero-order valence-electron chi connectivity index (χ0n) is 10.7. The molecule has 0 bridgehead atoms. The molecule has 1 aliphatic carbocycles. The van der Waals surface area contributed by atoms with Crippen molar-refractivity contribution in [2.75, 3.05) is 6.54 Å². The summed E-state index contributed by atoms with van der Waals surface area (Å²) in [4.78, 5) is -0.0797. The van der Waals surface area contributed by atoms with Gasteiger partial charge in [0.05, 0.1) is 4.90 Å². The second kappa shape index (κ2) is 5.76. The van der Waals surface area contributed by atoms with Crippen molar-refractivity contribution in [1.29, 1.82) is 0 Å². The zero-order valence-corrected chi connectivity index (χ0v) is 11.6. The minimum absolute atomic E-state index is 0.0370. The van der Waals surface area contributed by atoms with E-state index in [0.29, 0.717) is 0 Å². The summed E-state index contributed by atoms with van der Waals surface area (Å²) in [5, 5.41) is 11.3. The van der Waals surface area contributed by atoms with E-state index in [1.54, 1.807) is 0 Å². The predicted octanol–water partition coefficient (Wildman–Crippen LogP) is 1.12. The average Bonchev–Trinajstić information content (AvgIpc) is 3.23. The molecule has 1 aromatic rings. The Morgan fingerprint density at radius 2 is 2.20 bits per heavy atom. The van der Waals surface area contributed by atoms with Crippen molar-refractivity contribution < 1.29 is 18.0 Å². The first-order valence-corrected chi connectivity index (χ1v) is 7.63. The number of hydrogen-bond acceptors (Lipinski definition) is 4. The fourth-order valence-corrected chi connectivity index (χ4v) is 3.62. The Bertz CT molecular complexity index is 614. The third-order valence-electron chi connectivity index (χ3n) is 3.07. The Morgan fingerprint density at radius 3 is 2.75 bits per heavy atom. The molecule has 0 aliphatic heterocycles. The lowest BCUT2D eigenvalue weighted by atomic mass is 10.4. The second-order valence-corrected chi connectivity index (χ2v) is 6.54. The maximum Gasteiger partial charge on any atom is 0.243 e. The van der Waals surface area contributed by atoms with E-state index in [-0.39, 0.29) is 29.7 Å². The van der Waals surface area contributed by atoms with Crippen molar-refractivity contribution in [3.63, 3.8) is 0 Å². The van der Waals surface area contributed by atoms with Gasteiger partial charge in [-0.25, -0.2) is 12.8 Å². The lowest BCUT2D eigenvalue weighted by molar-refractivity contribution is 0.315. The monoisotopic (exact) mass is 301 g/mol. The smallest absolute Gasteiger partial charge is 0.243 e. The Balaban J connectivity index is 2.24. The van der Waals surface area contributed by atoms with Gasteiger partial charge in [-0.1, -0.05) is 11.2 Å². The molecule has 8 heteroatoms. The summed E-state index contributed by atoms with van der Waals surface area (Å²) in [5.74, 6) is -0.636. The second-order valence-electron chi connectivity index (χ2n) is 4.65. The number of nitrogens with two attached hydrogens (primary N) is 1. The number of nitrogens with zero attached hydrogens (tertiary/aromatic N) is 2. The van der Waals surface area contributed by atoms with Gasteiger partial charge >= 0.3 is 0 Å². The zero-order chi connectivity index (χ0) is 14.8. The van der Waals surface area contributed by atoms with Crippen LogP contribution in [-0.2, 0) is 10.0 Å². The summed E-state index contributed by atoms with van der Waals surface area (Å²) in [7, 11) is -3.76. The first-order valence-electron chi connectivity index (χ1n) is 6.19. The van der Waals surface area contributed by atoms with Crippen LogP contribution in [0.25, 0.3) is 0 Å². The van der Waals surface area contributed by atoms with Crippen LogP contribution in [0.4, 0.5) is 4.39 Å². The van der Waals surface area contributed by atoms with Crippen molar-refractivity contribution in [3.05, 3.63) is 30.1 Å². The molecule has 110 valence electrons. The lowest BCUT2D eigenvalue weighted by Gasteiger charge is -2.21. The van der Waals surface area contributed by atoms with Crippen LogP contribution in [0.1, 0.15) is 19.3 Å². The average molecular weight is 301 g/mol. The van der Waals surface area contributed by atoms with Crippen LogP contribution < -0.4 is 5.73 Å². The van der Waals surface area contributed by atoms with E-state index >= 15 is 0 Å². The van der Waals surface area contributed by atoms with Gasteiger partial charge in [0.1, 0.15) is 11.7 Å². The maximum absolute atomic E-state index is 13.2. The van der Waals surface area contributed by atoms with Crippen molar-refractivity contribution in [3.8, 4) is 0 Å². The first kappa shape index (κ1) is 14.7. The minimum atomic E-state index is -3.76. The summed E-state index contributed by atoms with van der Waals surface area (Å²) in [6.45, 7) is 0.111. The number of amidine groups is 1. The number of rotatable bonds is 6. The van der Waals surface area contributed by atoms with Crippen molar-refractivity contribution in [2.24, 2.45) is 10.9 Å². The molecule has 0 spiro atoms. The van der Waals surface area contributed by atoms with E-state index in [9.17, 15) is 12.8 Å². The molecule has 20 heavy (non-hydrogen) atoms.